The SMILES string of the molecule is CC/C(=C/CCN)c1ccc(F)cn1. The highest BCUT2D eigenvalue weighted by Gasteiger charge is 2.00. The summed E-state index contributed by atoms with van der Waals surface area (Å²) in [7, 11) is 0. The van der Waals surface area contributed by atoms with Gasteiger partial charge in [-0.25, -0.2) is 4.39 Å². The summed E-state index contributed by atoms with van der Waals surface area (Å²) in [5.74, 6) is -0.303. The van der Waals surface area contributed by atoms with Crippen LogP contribution in [0.2, 0.25) is 0 Å². The van der Waals surface area contributed by atoms with E-state index in [0.29, 0.717) is 6.54 Å². The molecule has 0 atom stereocenters. The van der Waals surface area contributed by atoms with E-state index in [9.17, 15) is 4.39 Å². The topological polar surface area (TPSA) is 38.9 Å². The van der Waals surface area contributed by atoms with Crippen LogP contribution in [0.1, 0.15) is 25.5 Å². The second-order valence-electron chi connectivity index (χ2n) is 3.02. The van der Waals surface area contributed by atoms with Crippen molar-refractivity contribution in [1.82, 2.24) is 4.98 Å². The molecule has 2 nitrogen and oxygen atoms in total. The van der Waals surface area contributed by atoms with Crippen LogP contribution in [0.25, 0.3) is 5.57 Å². The first-order valence-electron chi connectivity index (χ1n) is 4.79. The lowest BCUT2D eigenvalue weighted by Gasteiger charge is -2.03. The van der Waals surface area contributed by atoms with Gasteiger partial charge in [0.1, 0.15) is 5.82 Å². The minimum absolute atomic E-state index is 0.303. The molecule has 0 amide bonds. The number of hydrogen-bond acceptors (Lipinski definition) is 2. The van der Waals surface area contributed by atoms with Crippen LogP contribution < -0.4 is 5.73 Å². The highest BCUT2D eigenvalue weighted by Crippen LogP contribution is 2.15. The van der Waals surface area contributed by atoms with E-state index in [1.165, 1.54) is 12.3 Å². The first kappa shape index (κ1) is 10.9. The molecule has 2 N–H and O–H groups in total. The van der Waals surface area contributed by atoms with Crippen molar-refractivity contribution in [1.29, 1.82) is 0 Å². The summed E-state index contributed by atoms with van der Waals surface area (Å²) in [6, 6.07) is 3.12. The molecular formula is C11H15FN2. The molecule has 0 saturated carbocycles. The molecule has 76 valence electrons. The van der Waals surface area contributed by atoms with Gasteiger partial charge in [0, 0.05) is 0 Å². The summed E-state index contributed by atoms with van der Waals surface area (Å²) in [6.07, 6.45) is 5.02. The van der Waals surface area contributed by atoms with E-state index >= 15 is 0 Å². The Bertz CT molecular complexity index is 304. The maximum Gasteiger partial charge on any atom is 0.141 e. The molecule has 1 heterocycles. The summed E-state index contributed by atoms with van der Waals surface area (Å²) in [5, 5.41) is 0. The highest BCUT2D eigenvalue weighted by molar-refractivity contribution is 5.61. The molecule has 0 aliphatic carbocycles. The van der Waals surface area contributed by atoms with Crippen LogP contribution >= 0.6 is 0 Å². The molecule has 0 aliphatic heterocycles. The smallest absolute Gasteiger partial charge is 0.141 e. The van der Waals surface area contributed by atoms with Gasteiger partial charge < -0.3 is 5.73 Å². The van der Waals surface area contributed by atoms with Gasteiger partial charge in [0.2, 0.25) is 0 Å². The third kappa shape index (κ3) is 2.92. The van der Waals surface area contributed by atoms with Gasteiger partial charge in [0.15, 0.2) is 0 Å². The zero-order valence-electron chi connectivity index (χ0n) is 8.33. The van der Waals surface area contributed by atoms with E-state index in [2.05, 4.69) is 11.1 Å². The molecule has 0 radical (unpaired) electrons. The maximum absolute atomic E-state index is 12.6. The average Bonchev–Trinajstić information content (AvgIpc) is 2.21. The fourth-order valence-electron chi connectivity index (χ4n) is 1.25. The molecule has 0 aliphatic rings. The van der Waals surface area contributed by atoms with E-state index in [1.54, 1.807) is 6.07 Å². The normalized spacial score (nSPS) is 11.8. The quantitative estimate of drug-likeness (QED) is 0.799. The second kappa shape index (κ2) is 5.50. The number of halogens is 1. The van der Waals surface area contributed by atoms with Crippen molar-refractivity contribution < 1.29 is 4.39 Å². The number of rotatable bonds is 4. The van der Waals surface area contributed by atoms with Crippen LogP contribution in [0.4, 0.5) is 4.39 Å². The molecule has 1 aromatic heterocycles. The summed E-state index contributed by atoms with van der Waals surface area (Å²) >= 11 is 0. The lowest BCUT2D eigenvalue weighted by atomic mass is 10.1. The Hall–Kier alpha value is -1.22. The first-order valence-corrected chi connectivity index (χ1v) is 4.79. The zero-order valence-corrected chi connectivity index (χ0v) is 8.33. The molecule has 1 aromatic rings. The van der Waals surface area contributed by atoms with Gasteiger partial charge in [-0.05, 0) is 37.1 Å². The molecule has 0 spiro atoms. The number of pyridine rings is 1. The van der Waals surface area contributed by atoms with Gasteiger partial charge >= 0.3 is 0 Å². The number of nitrogens with zero attached hydrogens (tertiary/aromatic N) is 1. The van der Waals surface area contributed by atoms with Gasteiger partial charge in [0.05, 0.1) is 11.9 Å². The van der Waals surface area contributed by atoms with Gasteiger partial charge in [-0.15, -0.1) is 0 Å². The number of allylic oxidation sites excluding steroid dienone is 1. The third-order valence-electron chi connectivity index (χ3n) is 1.99. The Morgan fingerprint density at radius 1 is 1.57 bits per heavy atom. The van der Waals surface area contributed by atoms with E-state index in [0.717, 1.165) is 24.1 Å². The lowest BCUT2D eigenvalue weighted by Crippen LogP contribution is -1.97. The molecule has 0 bridgehead atoms. The second-order valence-corrected chi connectivity index (χ2v) is 3.02. The molecule has 0 fully saturated rings. The fourth-order valence-corrected chi connectivity index (χ4v) is 1.25. The van der Waals surface area contributed by atoms with Gasteiger partial charge in [-0.2, -0.15) is 0 Å². The fraction of sp³-hybridized carbons (Fsp3) is 0.364. The molecule has 0 saturated heterocycles. The lowest BCUT2D eigenvalue weighted by molar-refractivity contribution is 0.621. The third-order valence-corrected chi connectivity index (χ3v) is 1.99. The van der Waals surface area contributed by atoms with E-state index in [1.807, 2.05) is 6.92 Å². The Labute approximate surface area is 83.7 Å². The predicted octanol–water partition coefficient (Wildman–Crippen LogP) is 2.36. The van der Waals surface area contributed by atoms with Crippen molar-refractivity contribution in [2.75, 3.05) is 6.54 Å². The largest absolute Gasteiger partial charge is 0.330 e. The molecular weight excluding hydrogens is 179 g/mol. The van der Waals surface area contributed by atoms with Crippen molar-refractivity contribution in [3.63, 3.8) is 0 Å². The Morgan fingerprint density at radius 3 is 2.86 bits per heavy atom. The van der Waals surface area contributed by atoms with Crippen molar-refractivity contribution in [3.05, 3.63) is 35.9 Å². The molecule has 0 aromatic carbocycles. The number of aromatic nitrogens is 1. The van der Waals surface area contributed by atoms with Crippen molar-refractivity contribution in [2.24, 2.45) is 5.73 Å². The van der Waals surface area contributed by atoms with Crippen LogP contribution in [0.3, 0.4) is 0 Å². The molecule has 1 rings (SSSR count). The van der Waals surface area contributed by atoms with Crippen molar-refractivity contribution in [2.45, 2.75) is 19.8 Å². The summed E-state index contributed by atoms with van der Waals surface area (Å²) in [5.41, 5.74) is 7.37. The highest BCUT2D eigenvalue weighted by atomic mass is 19.1. The Balaban J connectivity index is 2.84. The molecule has 14 heavy (non-hydrogen) atoms. The monoisotopic (exact) mass is 194 g/mol. The van der Waals surface area contributed by atoms with Crippen LogP contribution in [-0.2, 0) is 0 Å². The van der Waals surface area contributed by atoms with Crippen LogP contribution in [0, 0.1) is 5.82 Å². The molecule has 0 unspecified atom stereocenters. The summed E-state index contributed by atoms with van der Waals surface area (Å²) in [4.78, 5) is 4.02. The van der Waals surface area contributed by atoms with Crippen molar-refractivity contribution >= 4 is 5.57 Å². The average molecular weight is 194 g/mol. The Kier molecular flexibility index (Phi) is 4.26. The minimum Gasteiger partial charge on any atom is -0.330 e. The zero-order chi connectivity index (χ0) is 10.4. The summed E-state index contributed by atoms with van der Waals surface area (Å²) < 4.78 is 12.6. The maximum atomic E-state index is 12.6. The van der Waals surface area contributed by atoms with Crippen molar-refractivity contribution in [3.8, 4) is 0 Å². The predicted molar refractivity (Wildman–Crippen MR) is 56.1 cm³/mol. The van der Waals surface area contributed by atoms with Crippen LogP contribution in [0.5, 0.6) is 0 Å². The first-order chi connectivity index (χ1) is 6.77. The number of nitrogens with two attached hydrogens (primary N) is 1. The standard InChI is InChI=1S/C11H15FN2/c1-2-9(4-3-7-13)11-6-5-10(12)8-14-11/h4-6,8H,2-3,7,13H2,1H3/b9-4-. The minimum atomic E-state index is -0.303. The summed E-state index contributed by atoms with van der Waals surface area (Å²) in [6.45, 7) is 2.68. The van der Waals surface area contributed by atoms with Gasteiger partial charge in [-0.1, -0.05) is 13.0 Å². The van der Waals surface area contributed by atoms with Gasteiger partial charge in [0.25, 0.3) is 0 Å². The van der Waals surface area contributed by atoms with E-state index < -0.39 is 0 Å². The van der Waals surface area contributed by atoms with Crippen LogP contribution in [0.15, 0.2) is 24.4 Å². The van der Waals surface area contributed by atoms with E-state index in [4.69, 9.17) is 5.73 Å². The van der Waals surface area contributed by atoms with Crippen LogP contribution in [-0.4, -0.2) is 11.5 Å². The van der Waals surface area contributed by atoms with Gasteiger partial charge in [-0.3, -0.25) is 4.98 Å². The number of hydrogen-bond donors (Lipinski definition) is 1. The Morgan fingerprint density at radius 2 is 2.36 bits per heavy atom. The van der Waals surface area contributed by atoms with E-state index in [-0.39, 0.29) is 5.82 Å². The molecule has 3 heteroatoms.